The SMILES string of the molecule is CC1CN(C(=O)c2ccc(F)c(NS(C)(=O)=O)c2)CCN1.Cl. The summed E-state index contributed by atoms with van der Waals surface area (Å²) >= 11 is 0. The Morgan fingerprint density at radius 1 is 1.45 bits per heavy atom. The molecule has 1 heterocycles. The molecule has 0 aliphatic carbocycles. The molecule has 1 aliphatic rings. The van der Waals surface area contributed by atoms with E-state index in [1.54, 1.807) is 4.90 Å². The fraction of sp³-hybridized carbons (Fsp3) is 0.462. The van der Waals surface area contributed by atoms with E-state index < -0.39 is 15.8 Å². The number of hydrogen-bond acceptors (Lipinski definition) is 4. The molecule has 1 aromatic rings. The molecule has 1 saturated heterocycles. The average molecular weight is 352 g/mol. The van der Waals surface area contributed by atoms with E-state index in [2.05, 4.69) is 10.0 Å². The van der Waals surface area contributed by atoms with Crippen molar-refractivity contribution in [3.8, 4) is 0 Å². The number of sulfonamides is 1. The van der Waals surface area contributed by atoms with Gasteiger partial charge >= 0.3 is 0 Å². The largest absolute Gasteiger partial charge is 0.336 e. The van der Waals surface area contributed by atoms with E-state index in [0.717, 1.165) is 12.3 Å². The fourth-order valence-electron chi connectivity index (χ4n) is 2.24. The molecule has 1 fully saturated rings. The minimum Gasteiger partial charge on any atom is -0.336 e. The van der Waals surface area contributed by atoms with Gasteiger partial charge in [-0.05, 0) is 25.1 Å². The van der Waals surface area contributed by atoms with Gasteiger partial charge in [-0.15, -0.1) is 12.4 Å². The standard InChI is InChI=1S/C13H18FN3O3S.ClH/c1-9-8-17(6-5-15-9)13(18)10-3-4-11(14)12(7-10)16-21(2,19)20;/h3-4,7,9,15-16H,5-6,8H2,1-2H3;1H. The molecule has 0 radical (unpaired) electrons. The molecular formula is C13H19ClFN3O3S. The quantitative estimate of drug-likeness (QED) is 0.853. The molecule has 0 bridgehead atoms. The lowest BCUT2D eigenvalue weighted by Gasteiger charge is -2.32. The van der Waals surface area contributed by atoms with Crippen molar-refractivity contribution < 1.29 is 17.6 Å². The van der Waals surface area contributed by atoms with Crippen LogP contribution in [0, 0.1) is 5.82 Å². The summed E-state index contributed by atoms with van der Waals surface area (Å²) in [5, 5.41) is 3.22. The summed E-state index contributed by atoms with van der Waals surface area (Å²) in [6.45, 7) is 3.80. The zero-order valence-corrected chi connectivity index (χ0v) is 13.9. The van der Waals surface area contributed by atoms with E-state index in [0.29, 0.717) is 19.6 Å². The van der Waals surface area contributed by atoms with Crippen LogP contribution in [0.15, 0.2) is 18.2 Å². The Hall–Kier alpha value is -1.38. The number of nitrogens with one attached hydrogen (secondary N) is 2. The van der Waals surface area contributed by atoms with Crippen molar-refractivity contribution in [3.63, 3.8) is 0 Å². The molecule has 0 aromatic heterocycles. The Morgan fingerprint density at radius 2 is 2.14 bits per heavy atom. The van der Waals surface area contributed by atoms with Gasteiger partial charge in [0.05, 0.1) is 11.9 Å². The predicted molar refractivity (Wildman–Crippen MR) is 85.5 cm³/mol. The minimum atomic E-state index is -3.60. The van der Waals surface area contributed by atoms with Crippen LogP contribution >= 0.6 is 12.4 Å². The topological polar surface area (TPSA) is 78.5 Å². The second-order valence-corrected chi connectivity index (χ2v) is 6.92. The van der Waals surface area contributed by atoms with Gasteiger partial charge < -0.3 is 10.2 Å². The summed E-state index contributed by atoms with van der Waals surface area (Å²) in [5.41, 5.74) is 0.0446. The molecule has 124 valence electrons. The van der Waals surface area contributed by atoms with E-state index in [1.807, 2.05) is 6.92 Å². The maximum absolute atomic E-state index is 13.6. The molecule has 1 amide bonds. The van der Waals surface area contributed by atoms with Crippen molar-refractivity contribution in [3.05, 3.63) is 29.6 Å². The molecule has 1 aromatic carbocycles. The van der Waals surface area contributed by atoms with Gasteiger partial charge in [0.1, 0.15) is 5.82 Å². The molecule has 2 N–H and O–H groups in total. The van der Waals surface area contributed by atoms with Crippen LogP contribution in [-0.2, 0) is 10.0 Å². The van der Waals surface area contributed by atoms with Crippen LogP contribution < -0.4 is 10.0 Å². The van der Waals surface area contributed by atoms with Gasteiger partial charge in [0.2, 0.25) is 10.0 Å². The highest BCUT2D eigenvalue weighted by Gasteiger charge is 2.22. The van der Waals surface area contributed by atoms with E-state index in [-0.39, 0.29) is 35.6 Å². The molecule has 1 aliphatic heterocycles. The molecule has 22 heavy (non-hydrogen) atoms. The van der Waals surface area contributed by atoms with Gasteiger partial charge in [-0.25, -0.2) is 12.8 Å². The molecule has 9 heteroatoms. The van der Waals surface area contributed by atoms with Crippen molar-refractivity contribution >= 4 is 34.0 Å². The number of rotatable bonds is 3. The van der Waals surface area contributed by atoms with Crippen molar-refractivity contribution in [2.24, 2.45) is 0 Å². The zero-order valence-electron chi connectivity index (χ0n) is 12.3. The van der Waals surface area contributed by atoms with Crippen LogP contribution in [0.3, 0.4) is 0 Å². The molecule has 1 unspecified atom stereocenters. The fourth-order valence-corrected chi connectivity index (χ4v) is 2.79. The van der Waals surface area contributed by atoms with Gasteiger partial charge in [-0.2, -0.15) is 0 Å². The monoisotopic (exact) mass is 351 g/mol. The van der Waals surface area contributed by atoms with E-state index in [9.17, 15) is 17.6 Å². The van der Waals surface area contributed by atoms with Crippen molar-refractivity contribution in [2.75, 3.05) is 30.6 Å². The van der Waals surface area contributed by atoms with Crippen LogP contribution in [0.5, 0.6) is 0 Å². The van der Waals surface area contributed by atoms with Gasteiger partial charge in [-0.3, -0.25) is 9.52 Å². The highest BCUT2D eigenvalue weighted by Crippen LogP contribution is 2.19. The normalized spacial score (nSPS) is 18.5. The maximum atomic E-state index is 13.6. The van der Waals surface area contributed by atoms with E-state index in [1.165, 1.54) is 12.1 Å². The third kappa shape index (κ3) is 4.82. The molecule has 0 spiro atoms. The van der Waals surface area contributed by atoms with Crippen LogP contribution in [0.25, 0.3) is 0 Å². The second-order valence-electron chi connectivity index (χ2n) is 5.18. The number of nitrogens with zero attached hydrogens (tertiary/aromatic N) is 1. The van der Waals surface area contributed by atoms with Crippen LogP contribution in [0.4, 0.5) is 10.1 Å². The van der Waals surface area contributed by atoms with Gasteiger partial charge in [0.25, 0.3) is 5.91 Å². The summed E-state index contributed by atoms with van der Waals surface area (Å²) < 4.78 is 38.1. The molecule has 2 rings (SSSR count). The first kappa shape index (κ1) is 18.7. The van der Waals surface area contributed by atoms with E-state index >= 15 is 0 Å². The average Bonchev–Trinajstić information content (AvgIpc) is 2.39. The number of amides is 1. The van der Waals surface area contributed by atoms with Gasteiger partial charge in [-0.1, -0.05) is 0 Å². The van der Waals surface area contributed by atoms with Crippen LogP contribution in [0.2, 0.25) is 0 Å². The highest BCUT2D eigenvalue weighted by atomic mass is 35.5. The molecule has 6 nitrogen and oxygen atoms in total. The second kappa shape index (κ2) is 7.26. The predicted octanol–water partition coefficient (Wildman–Crippen LogP) is 1.05. The summed E-state index contributed by atoms with van der Waals surface area (Å²) in [6.07, 6.45) is 0.929. The Morgan fingerprint density at radius 3 is 2.73 bits per heavy atom. The lowest BCUT2D eigenvalue weighted by Crippen LogP contribution is -2.51. The van der Waals surface area contributed by atoms with Gasteiger partial charge in [0, 0.05) is 31.2 Å². The highest BCUT2D eigenvalue weighted by molar-refractivity contribution is 7.92. The lowest BCUT2D eigenvalue weighted by atomic mass is 10.1. The summed E-state index contributed by atoms with van der Waals surface area (Å²) in [6, 6.07) is 3.87. The van der Waals surface area contributed by atoms with E-state index in [4.69, 9.17) is 0 Å². The molecular weight excluding hydrogens is 333 g/mol. The zero-order chi connectivity index (χ0) is 15.6. The van der Waals surface area contributed by atoms with Crippen LogP contribution in [0.1, 0.15) is 17.3 Å². The van der Waals surface area contributed by atoms with Crippen molar-refractivity contribution in [1.29, 1.82) is 0 Å². The Labute approximate surface area is 135 Å². The lowest BCUT2D eigenvalue weighted by molar-refractivity contribution is 0.0709. The number of anilines is 1. The number of benzene rings is 1. The number of halogens is 2. The smallest absolute Gasteiger partial charge is 0.254 e. The minimum absolute atomic E-state index is 0. The third-order valence-corrected chi connectivity index (χ3v) is 3.76. The first-order valence-corrected chi connectivity index (χ1v) is 8.45. The summed E-state index contributed by atoms with van der Waals surface area (Å²) in [4.78, 5) is 14.0. The third-order valence-electron chi connectivity index (χ3n) is 3.16. The number of carbonyl (C=O) groups is 1. The summed E-state index contributed by atoms with van der Waals surface area (Å²) in [7, 11) is -3.60. The number of hydrogen-bond donors (Lipinski definition) is 2. The van der Waals surface area contributed by atoms with Crippen molar-refractivity contribution in [2.45, 2.75) is 13.0 Å². The molecule has 0 saturated carbocycles. The van der Waals surface area contributed by atoms with Crippen LogP contribution in [-0.4, -0.2) is 51.2 Å². The number of piperazine rings is 1. The Kier molecular flexibility index (Phi) is 6.16. The maximum Gasteiger partial charge on any atom is 0.254 e. The molecule has 1 atom stereocenters. The first-order valence-electron chi connectivity index (χ1n) is 6.56. The Balaban J connectivity index is 0.00000242. The Bertz CT molecular complexity index is 654. The number of carbonyl (C=O) groups excluding carboxylic acids is 1. The summed E-state index contributed by atoms with van der Waals surface area (Å²) in [5.74, 6) is -0.953. The first-order chi connectivity index (χ1) is 9.76. The van der Waals surface area contributed by atoms with Crippen molar-refractivity contribution in [1.82, 2.24) is 10.2 Å². The van der Waals surface area contributed by atoms with Gasteiger partial charge in [0.15, 0.2) is 0 Å².